The fourth-order valence-electron chi connectivity index (χ4n) is 2.27. The van der Waals surface area contributed by atoms with Crippen LogP contribution in [0.15, 0.2) is 42.5 Å². The van der Waals surface area contributed by atoms with Gasteiger partial charge in [0.2, 0.25) is 0 Å². The number of aromatic amines is 1. The van der Waals surface area contributed by atoms with E-state index in [1.807, 2.05) is 6.92 Å². The lowest BCUT2D eigenvalue weighted by molar-refractivity contribution is 0.0696. The molecule has 23 heavy (non-hydrogen) atoms. The summed E-state index contributed by atoms with van der Waals surface area (Å²) in [6.45, 7) is 2.01. The average molecular weight is 309 g/mol. The third-order valence-electron chi connectivity index (χ3n) is 3.52. The number of aryl methyl sites for hydroxylation is 1. The second-order valence-corrected chi connectivity index (χ2v) is 5.11. The molecule has 0 radical (unpaired) electrons. The van der Waals surface area contributed by atoms with E-state index in [0.29, 0.717) is 11.3 Å². The number of anilines is 1. The number of nitrogens with zero attached hydrogens (tertiary/aromatic N) is 1. The maximum Gasteiger partial charge on any atom is 0.335 e. The fraction of sp³-hybridized carbons (Fsp3) is 0.118. The lowest BCUT2D eigenvalue weighted by atomic mass is 10.1. The number of H-pyrrole nitrogens is 1. The predicted octanol–water partition coefficient (Wildman–Crippen LogP) is 3.08. The quantitative estimate of drug-likeness (QED) is 0.690. The van der Waals surface area contributed by atoms with Gasteiger partial charge in [-0.05, 0) is 42.5 Å². The van der Waals surface area contributed by atoms with Crippen molar-refractivity contribution in [2.75, 3.05) is 5.32 Å². The molecule has 0 fully saturated rings. The van der Waals surface area contributed by atoms with Gasteiger partial charge in [-0.3, -0.25) is 4.79 Å². The Kier molecular flexibility index (Phi) is 3.80. The van der Waals surface area contributed by atoms with E-state index in [1.54, 1.807) is 30.3 Å². The Labute approximate surface area is 132 Å². The van der Waals surface area contributed by atoms with Crippen molar-refractivity contribution in [2.45, 2.75) is 13.3 Å². The van der Waals surface area contributed by atoms with Gasteiger partial charge in [-0.1, -0.05) is 6.92 Å². The van der Waals surface area contributed by atoms with Crippen LogP contribution in [0.25, 0.3) is 11.0 Å². The second-order valence-electron chi connectivity index (χ2n) is 5.11. The van der Waals surface area contributed by atoms with Gasteiger partial charge in [0, 0.05) is 17.7 Å². The highest BCUT2D eigenvalue weighted by molar-refractivity contribution is 6.06. The zero-order valence-electron chi connectivity index (χ0n) is 12.5. The lowest BCUT2D eigenvalue weighted by Crippen LogP contribution is -2.11. The topological polar surface area (TPSA) is 95.1 Å². The third-order valence-corrected chi connectivity index (χ3v) is 3.52. The summed E-state index contributed by atoms with van der Waals surface area (Å²) in [5, 5.41) is 11.6. The molecule has 0 spiro atoms. The summed E-state index contributed by atoms with van der Waals surface area (Å²) >= 11 is 0. The van der Waals surface area contributed by atoms with Crippen molar-refractivity contribution >= 4 is 28.6 Å². The van der Waals surface area contributed by atoms with Crippen molar-refractivity contribution in [3.63, 3.8) is 0 Å². The van der Waals surface area contributed by atoms with Crippen molar-refractivity contribution in [3.05, 3.63) is 59.4 Å². The fourth-order valence-corrected chi connectivity index (χ4v) is 2.27. The maximum absolute atomic E-state index is 12.3. The molecule has 1 aromatic heterocycles. The molecule has 3 N–H and O–H groups in total. The summed E-state index contributed by atoms with van der Waals surface area (Å²) in [5.74, 6) is -0.385. The summed E-state index contributed by atoms with van der Waals surface area (Å²) in [6, 6.07) is 11.3. The Hall–Kier alpha value is -3.15. The van der Waals surface area contributed by atoms with Gasteiger partial charge < -0.3 is 15.4 Å². The number of nitrogens with one attached hydrogen (secondary N) is 2. The molecular weight excluding hydrogens is 294 g/mol. The molecule has 3 aromatic rings. The van der Waals surface area contributed by atoms with Crippen LogP contribution in [0.5, 0.6) is 0 Å². The van der Waals surface area contributed by atoms with Crippen LogP contribution in [0.2, 0.25) is 0 Å². The maximum atomic E-state index is 12.3. The molecule has 3 rings (SSSR count). The molecular formula is C17H15N3O3. The first kappa shape index (κ1) is 14.8. The van der Waals surface area contributed by atoms with Crippen molar-refractivity contribution in [3.8, 4) is 0 Å². The first-order chi connectivity index (χ1) is 11.1. The standard InChI is InChI=1S/C17H15N3O3/c1-2-15-19-13-8-5-11(9-14(13)20-15)16(21)18-12-6-3-10(4-7-12)17(22)23/h3-9H,2H2,1H3,(H,18,21)(H,19,20)(H,22,23). The Bertz CT molecular complexity index is 882. The van der Waals surface area contributed by atoms with Gasteiger partial charge in [0.05, 0.1) is 16.6 Å². The molecule has 0 atom stereocenters. The van der Waals surface area contributed by atoms with Crippen LogP contribution >= 0.6 is 0 Å². The molecule has 0 unspecified atom stereocenters. The number of carbonyl (C=O) groups excluding carboxylic acids is 1. The number of benzene rings is 2. The highest BCUT2D eigenvalue weighted by Crippen LogP contribution is 2.16. The Morgan fingerprint density at radius 1 is 1.13 bits per heavy atom. The molecule has 0 aliphatic rings. The van der Waals surface area contributed by atoms with Gasteiger partial charge >= 0.3 is 5.97 Å². The molecule has 1 heterocycles. The summed E-state index contributed by atoms with van der Waals surface area (Å²) in [4.78, 5) is 30.7. The predicted molar refractivity (Wildman–Crippen MR) is 86.8 cm³/mol. The van der Waals surface area contributed by atoms with Crippen molar-refractivity contribution < 1.29 is 14.7 Å². The summed E-state index contributed by atoms with van der Waals surface area (Å²) in [5.41, 5.74) is 2.86. The number of fused-ring (bicyclic) bond motifs is 1. The van der Waals surface area contributed by atoms with Crippen LogP contribution in [0.4, 0.5) is 5.69 Å². The van der Waals surface area contributed by atoms with E-state index < -0.39 is 5.97 Å². The molecule has 2 aromatic carbocycles. The van der Waals surface area contributed by atoms with Crippen molar-refractivity contribution in [1.29, 1.82) is 0 Å². The monoisotopic (exact) mass is 309 g/mol. The van der Waals surface area contributed by atoms with Gasteiger partial charge in [0.25, 0.3) is 5.91 Å². The summed E-state index contributed by atoms with van der Waals surface area (Å²) in [7, 11) is 0. The number of aromatic carboxylic acids is 1. The SMILES string of the molecule is CCc1nc2ccc(C(=O)Nc3ccc(C(=O)O)cc3)cc2[nH]1. The third kappa shape index (κ3) is 3.06. The molecule has 116 valence electrons. The van der Waals surface area contributed by atoms with E-state index >= 15 is 0 Å². The van der Waals surface area contributed by atoms with Crippen LogP contribution in [0, 0.1) is 0 Å². The number of hydrogen-bond acceptors (Lipinski definition) is 3. The Balaban J connectivity index is 1.80. The number of rotatable bonds is 4. The normalized spacial score (nSPS) is 10.7. The van der Waals surface area contributed by atoms with E-state index in [2.05, 4.69) is 15.3 Å². The number of amides is 1. The van der Waals surface area contributed by atoms with Gasteiger partial charge in [-0.15, -0.1) is 0 Å². The van der Waals surface area contributed by atoms with Crippen molar-refractivity contribution in [2.24, 2.45) is 0 Å². The second kappa shape index (κ2) is 5.92. The number of hydrogen-bond donors (Lipinski definition) is 3. The van der Waals surface area contributed by atoms with E-state index in [1.165, 1.54) is 12.1 Å². The van der Waals surface area contributed by atoms with E-state index in [0.717, 1.165) is 23.3 Å². The van der Waals surface area contributed by atoms with Crippen LogP contribution in [0.1, 0.15) is 33.5 Å². The molecule has 1 amide bonds. The van der Waals surface area contributed by atoms with Gasteiger partial charge in [-0.2, -0.15) is 0 Å². The van der Waals surface area contributed by atoms with Crippen LogP contribution < -0.4 is 5.32 Å². The van der Waals surface area contributed by atoms with E-state index in [-0.39, 0.29) is 11.5 Å². The first-order valence-corrected chi connectivity index (χ1v) is 7.20. The number of imidazole rings is 1. The molecule has 6 nitrogen and oxygen atoms in total. The minimum absolute atomic E-state index is 0.175. The molecule has 0 bridgehead atoms. The zero-order valence-corrected chi connectivity index (χ0v) is 12.5. The number of carboxylic acids is 1. The lowest BCUT2D eigenvalue weighted by Gasteiger charge is -2.05. The number of aromatic nitrogens is 2. The van der Waals surface area contributed by atoms with Gasteiger partial charge in [-0.25, -0.2) is 9.78 Å². The largest absolute Gasteiger partial charge is 0.478 e. The number of carboxylic acid groups (broad SMARTS) is 1. The molecule has 0 saturated heterocycles. The Morgan fingerprint density at radius 3 is 2.48 bits per heavy atom. The van der Waals surface area contributed by atoms with Crippen LogP contribution in [0.3, 0.4) is 0 Å². The van der Waals surface area contributed by atoms with Gasteiger partial charge in [0.15, 0.2) is 0 Å². The highest BCUT2D eigenvalue weighted by atomic mass is 16.4. The number of carbonyl (C=O) groups is 2. The molecule has 6 heteroatoms. The zero-order chi connectivity index (χ0) is 16.4. The summed E-state index contributed by atoms with van der Waals surface area (Å²) < 4.78 is 0. The van der Waals surface area contributed by atoms with Gasteiger partial charge in [0.1, 0.15) is 5.82 Å². The molecule has 0 aliphatic heterocycles. The van der Waals surface area contributed by atoms with Crippen LogP contribution in [-0.2, 0) is 6.42 Å². The van der Waals surface area contributed by atoms with Crippen LogP contribution in [-0.4, -0.2) is 27.0 Å². The highest BCUT2D eigenvalue weighted by Gasteiger charge is 2.10. The van der Waals surface area contributed by atoms with E-state index in [4.69, 9.17) is 5.11 Å². The minimum Gasteiger partial charge on any atom is -0.478 e. The van der Waals surface area contributed by atoms with Crippen molar-refractivity contribution in [1.82, 2.24) is 9.97 Å². The minimum atomic E-state index is -1.00. The molecule has 0 saturated carbocycles. The summed E-state index contributed by atoms with van der Waals surface area (Å²) in [6.07, 6.45) is 0.798. The first-order valence-electron chi connectivity index (χ1n) is 7.20. The van der Waals surface area contributed by atoms with E-state index in [9.17, 15) is 9.59 Å². The average Bonchev–Trinajstić information content (AvgIpc) is 2.97. The smallest absolute Gasteiger partial charge is 0.335 e. The molecule has 0 aliphatic carbocycles. The Morgan fingerprint density at radius 2 is 1.83 bits per heavy atom.